The van der Waals surface area contributed by atoms with E-state index in [-0.39, 0.29) is 11.3 Å². The summed E-state index contributed by atoms with van der Waals surface area (Å²) in [6, 6.07) is 14.2. The lowest BCUT2D eigenvalue weighted by Gasteiger charge is -2.10. The van der Waals surface area contributed by atoms with Gasteiger partial charge in [0, 0.05) is 22.5 Å². The van der Waals surface area contributed by atoms with Crippen LogP contribution in [0, 0.1) is 0 Å². The van der Waals surface area contributed by atoms with Crippen LogP contribution in [0.1, 0.15) is 29.4 Å². The molecule has 0 atom stereocenters. The van der Waals surface area contributed by atoms with Crippen LogP contribution in [0.5, 0.6) is 0 Å². The van der Waals surface area contributed by atoms with Gasteiger partial charge >= 0.3 is 0 Å². The lowest BCUT2D eigenvalue weighted by Crippen LogP contribution is -2.42. The second-order valence-corrected chi connectivity index (χ2v) is 7.08. The topological polar surface area (TPSA) is 93.1 Å². The summed E-state index contributed by atoms with van der Waals surface area (Å²) >= 11 is 3.40. The van der Waals surface area contributed by atoms with Gasteiger partial charge in [0.05, 0.1) is 5.39 Å². The maximum atomic E-state index is 12.6. The molecule has 0 unspecified atom stereocenters. The molecule has 3 aromatic rings. The van der Waals surface area contributed by atoms with Crippen LogP contribution >= 0.6 is 15.9 Å². The average molecular weight is 455 g/mol. The van der Waals surface area contributed by atoms with Crippen molar-refractivity contribution in [3.8, 4) is 0 Å². The van der Waals surface area contributed by atoms with Gasteiger partial charge in [-0.15, -0.1) is 0 Å². The molecule has 148 valence electrons. The van der Waals surface area contributed by atoms with Crippen molar-refractivity contribution >= 4 is 44.6 Å². The fourth-order valence-electron chi connectivity index (χ4n) is 2.76. The Bertz CT molecular complexity index is 1150. The van der Waals surface area contributed by atoms with Gasteiger partial charge in [0.2, 0.25) is 0 Å². The molecule has 2 amide bonds. The monoisotopic (exact) mass is 454 g/mol. The highest BCUT2D eigenvalue weighted by atomic mass is 79.9. The van der Waals surface area contributed by atoms with E-state index in [1.165, 1.54) is 10.8 Å². The molecule has 0 saturated carbocycles. The molecular formula is C21H19BrN4O3. The number of carbonyl (C=O) groups excluding carboxylic acids is 2. The fraction of sp³-hybridized carbons (Fsp3) is 0.143. The number of nitrogens with one attached hydrogen (secondary N) is 2. The van der Waals surface area contributed by atoms with Crippen LogP contribution in [0.3, 0.4) is 0 Å². The first kappa shape index (κ1) is 20.5. The summed E-state index contributed by atoms with van der Waals surface area (Å²) in [5.74, 6) is -1.10. The summed E-state index contributed by atoms with van der Waals surface area (Å²) in [5.41, 5.74) is 5.33. The number of fused-ring (bicyclic) bond motifs is 1. The molecule has 3 rings (SSSR count). The van der Waals surface area contributed by atoms with Crippen molar-refractivity contribution in [2.24, 2.45) is 0 Å². The van der Waals surface area contributed by atoms with Gasteiger partial charge in [0.25, 0.3) is 17.4 Å². The maximum Gasteiger partial charge on any atom is 0.290 e. The molecule has 2 aromatic carbocycles. The van der Waals surface area contributed by atoms with E-state index in [1.54, 1.807) is 30.3 Å². The zero-order chi connectivity index (χ0) is 20.8. The van der Waals surface area contributed by atoms with Crippen molar-refractivity contribution in [1.82, 2.24) is 20.6 Å². The van der Waals surface area contributed by atoms with Crippen molar-refractivity contribution < 1.29 is 9.59 Å². The number of rotatable bonds is 5. The Morgan fingerprint density at radius 1 is 1.07 bits per heavy atom. The molecule has 1 heterocycles. The van der Waals surface area contributed by atoms with Crippen molar-refractivity contribution in [2.45, 2.75) is 19.9 Å². The molecule has 0 aliphatic rings. The first-order valence-electron chi connectivity index (χ1n) is 9.04. The van der Waals surface area contributed by atoms with E-state index < -0.39 is 11.8 Å². The molecule has 1 aromatic heterocycles. The normalized spacial score (nSPS) is 11.0. The summed E-state index contributed by atoms with van der Waals surface area (Å²) in [7, 11) is 0. The summed E-state index contributed by atoms with van der Waals surface area (Å²) in [4.78, 5) is 37.2. The van der Waals surface area contributed by atoms with Crippen LogP contribution in [-0.2, 0) is 11.3 Å². The minimum Gasteiger partial charge on any atom is -0.268 e. The zero-order valence-electron chi connectivity index (χ0n) is 15.7. The minimum atomic E-state index is -0.603. The fourth-order valence-corrected chi connectivity index (χ4v) is 3.18. The number of aryl methyl sites for hydroxylation is 1. The zero-order valence-corrected chi connectivity index (χ0v) is 17.3. The molecule has 0 radical (unpaired) electrons. The second-order valence-electron chi connectivity index (χ2n) is 6.22. The van der Waals surface area contributed by atoms with Gasteiger partial charge in [-0.2, -0.15) is 5.10 Å². The molecule has 0 fully saturated rings. The molecule has 8 heteroatoms. The summed E-state index contributed by atoms with van der Waals surface area (Å²) in [5, 5.41) is 5.02. The Hall–Kier alpha value is -3.26. The van der Waals surface area contributed by atoms with Gasteiger partial charge in [-0.25, -0.2) is 4.68 Å². The molecule has 0 saturated heterocycles. The number of aromatic nitrogens is 2. The third-order valence-electron chi connectivity index (χ3n) is 4.14. The quantitative estimate of drug-likeness (QED) is 0.457. The second kappa shape index (κ2) is 9.29. The van der Waals surface area contributed by atoms with Gasteiger partial charge < -0.3 is 0 Å². The van der Waals surface area contributed by atoms with E-state index in [0.29, 0.717) is 23.7 Å². The molecule has 2 N–H and O–H groups in total. The van der Waals surface area contributed by atoms with Crippen LogP contribution in [0.25, 0.3) is 16.8 Å². The Balaban J connectivity index is 1.78. The first-order valence-corrected chi connectivity index (χ1v) is 9.83. The van der Waals surface area contributed by atoms with E-state index in [1.807, 2.05) is 31.2 Å². The Labute approximate surface area is 175 Å². The van der Waals surface area contributed by atoms with E-state index >= 15 is 0 Å². The van der Waals surface area contributed by atoms with Crippen LogP contribution in [-0.4, -0.2) is 21.6 Å². The highest BCUT2D eigenvalue weighted by Crippen LogP contribution is 2.17. The highest BCUT2D eigenvalue weighted by Gasteiger charge is 2.16. The lowest BCUT2D eigenvalue weighted by molar-refractivity contribution is -0.117. The minimum absolute atomic E-state index is 0.0729. The predicted octanol–water partition coefficient (Wildman–Crippen LogP) is 3.04. The van der Waals surface area contributed by atoms with Crippen molar-refractivity contribution in [1.29, 1.82) is 0 Å². The third kappa shape index (κ3) is 4.78. The van der Waals surface area contributed by atoms with Crippen molar-refractivity contribution in [3.63, 3.8) is 0 Å². The summed E-state index contributed by atoms with van der Waals surface area (Å²) in [6.45, 7) is 2.31. The number of halogens is 1. The molecule has 0 spiro atoms. The number of hydrogen-bond donors (Lipinski definition) is 2. The predicted molar refractivity (Wildman–Crippen MR) is 115 cm³/mol. The number of nitrogens with zero attached hydrogens (tertiary/aromatic N) is 2. The van der Waals surface area contributed by atoms with Crippen molar-refractivity contribution in [2.75, 3.05) is 0 Å². The summed E-state index contributed by atoms with van der Waals surface area (Å²) in [6.07, 6.45) is 3.63. The number of hydrazine groups is 1. The highest BCUT2D eigenvalue weighted by molar-refractivity contribution is 9.10. The number of hydrogen-bond acceptors (Lipinski definition) is 4. The SMILES string of the molecule is CCCn1nc(C(=O)NNC(=O)/C=C/c2ccccc2Br)c2ccccc2c1=O. The number of benzene rings is 2. The van der Waals surface area contributed by atoms with Gasteiger partial charge in [-0.05, 0) is 30.2 Å². The van der Waals surface area contributed by atoms with E-state index in [4.69, 9.17) is 0 Å². The third-order valence-corrected chi connectivity index (χ3v) is 4.86. The van der Waals surface area contributed by atoms with Gasteiger partial charge in [0.1, 0.15) is 0 Å². The van der Waals surface area contributed by atoms with E-state index in [9.17, 15) is 14.4 Å². The first-order chi connectivity index (χ1) is 14.0. The van der Waals surface area contributed by atoms with Crippen LogP contribution < -0.4 is 16.4 Å². The van der Waals surface area contributed by atoms with Crippen LogP contribution in [0.2, 0.25) is 0 Å². The van der Waals surface area contributed by atoms with Crippen LogP contribution in [0.4, 0.5) is 0 Å². The molecule has 7 nitrogen and oxygen atoms in total. The van der Waals surface area contributed by atoms with Crippen molar-refractivity contribution in [3.05, 3.63) is 80.7 Å². The maximum absolute atomic E-state index is 12.6. The lowest BCUT2D eigenvalue weighted by atomic mass is 10.1. The molecule has 29 heavy (non-hydrogen) atoms. The van der Waals surface area contributed by atoms with Crippen LogP contribution in [0.15, 0.2) is 63.9 Å². The van der Waals surface area contributed by atoms with Gasteiger partial charge in [0.15, 0.2) is 5.69 Å². The van der Waals surface area contributed by atoms with Gasteiger partial charge in [-0.3, -0.25) is 25.2 Å². The smallest absolute Gasteiger partial charge is 0.268 e. The Morgan fingerprint density at radius 3 is 2.48 bits per heavy atom. The number of amides is 2. The Kier molecular flexibility index (Phi) is 6.56. The van der Waals surface area contributed by atoms with Gasteiger partial charge in [-0.1, -0.05) is 59.3 Å². The molecule has 0 aliphatic carbocycles. The molecule has 0 bridgehead atoms. The summed E-state index contributed by atoms with van der Waals surface area (Å²) < 4.78 is 2.12. The standard InChI is InChI=1S/C21H19BrN4O3/c1-2-13-26-21(29)16-9-5-4-8-15(16)19(25-26)20(28)24-23-18(27)12-11-14-7-3-6-10-17(14)22/h3-12H,2,13H2,1H3,(H,23,27)(H,24,28)/b12-11+. The molecular weight excluding hydrogens is 436 g/mol. The van der Waals surface area contributed by atoms with E-state index in [2.05, 4.69) is 31.9 Å². The van der Waals surface area contributed by atoms with E-state index in [0.717, 1.165) is 10.0 Å². The Morgan fingerprint density at radius 2 is 1.76 bits per heavy atom. The molecule has 0 aliphatic heterocycles. The number of carbonyl (C=O) groups is 2. The largest absolute Gasteiger partial charge is 0.290 e. The average Bonchev–Trinajstić information content (AvgIpc) is 2.73.